The number of carbonyl (C=O) groups excluding carboxylic acids is 2. The van der Waals surface area contributed by atoms with E-state index in [-0.39, 0.29) is 30.2 Å². The minimum atomic E-state index is -0.366. The summed E-state index contributed by atoms with van der Waals surface area (Å²) < 4.78 is 19.5. The molecule has 172 valence electrons. The highest BCUT2D eigenvalue weighted by Gasteiger charge is 2.25. The van der Waals surface area contributed by atoms with Crippen molar-refractivity contribution >= 4 is 11.9 Å². The predicted molar refractivity (Wildman–Crippen MR) is 118 cm³/mol. The lowest BCUT2D eigenvalue weighted by atomic mass is 9.96. The van der Waals surface area contributed by atoms with Crippen LogP contribution in [0.2, 0.25) is 0 Å². The fourth-order valence-electron chi connectivity index (χ4n) is 4.52. The summed E-state index contributed by atoms with van der Waals surface area (Å²) in [5.74, 6) is 0.465. The number of oxazole rings is 1. The first-order chi connectivity index (χ1) is 15.6. The quantitative estimate of drug-likeness (QED) is 0.707. The molecule has 32 heavy (non-hydrogen) atoms. The van der Waals surface area contributed by atoms with Gasteiger partial charge in [0.25, 0.3) is 0 Å². The SMILES string of the molecule is O=C(NC1CCCCC1)NC1CCN(C(=O)CCc2ncc(-c3ccccc3F)o2)CC1. The molecule has 1 saturated heterocycles. The molecule has 2 aromatic rings. The van der Waals surface area contributed by atoms with Crippen LogP contribution in [0.5, 0.6) is 0 Å². The first kappa shape index (κ1) is 22.3. The molecule has 8 heteroatoms. The lowest BCUT2D eigenvalue weighted by molar-refractivity contribution is -0.132. The van der Waals surface area contributed by atoms with Crippen molar-refractivity contribution < 1.29 is 18.4 Å². The van der Waals surface area contributed by atoms with E-state index >= 15 is 0 Å². The summed E-state index contributed by atoms with van der Waals surface area (Å²) in [5.41, 5.74) is 0.361. The van der Waals surface area contributed by atoms with Crippen molar-refractivity contribution in [1.82, 2.24) is 20.5 Å². The van der Waals surface area contributed by atoms with Gasteiger partial charge < -0.3 is 20.0 Å². The summed E-state index contributed by atoms with van der Waals surface area (Å²) in [4.78, 5) is 30.8. The second-order valence-electron chi connectivity index (χ2n) is 8.71. The van der Waals surface area contributed by atoms with Crippen LogP contribution in [0, 0.1) is 5.82 Å². The van der Waals surface area contributed by atoms with Gasteiger partial charge in [0.2, 0.25) is 5.91 Å². The monoisotopic (exact) mass is 442 g/mol. The highest BCUT2D eigenvalue weighted by atomic mass is 19.1. The lowest BCUT2D eigenvalue weighted by Crippen LogP contribution is -2.51. The Kier molecular flexibility index (Phi) is 7.39. The van der Waals surface area contributed by atoms with E-state index in [4.69, 9.17) is 4.42 Å². The highest BCUT2D eigenvalue weighted by molar-refractivity contribution is 5.77. The molecule has 2 N–H and O–H groups in total. The Morgan fingerprint density at radius 2 is 1.72 bits per heavy atom. The maximum Gasteiger partial charge on any atom is 0.315 e. The number of urea groups is 1. The zero-order valence-corrected chi connectivity index (χ0v) is 18.3. The number of likely N-dealkylation sites (tertiary alicyclic amines) is 1. The van der Waals surface area contributed by atoms with Crippen molar-refractivity contribution in [3.05, 3.63) is 42.2 Å². The standard InChI is InChI=1S/C24H31FN4O3/c25-20-9-5-4-8-19(20)21-16-26-22(32-21)10-11-23(30)29-14-12-18(13-15-29)28-24(31)27-17-6-2-1-3-7-17/h4-5,8-9,16-18H,1-3,6-7,10-15H2,(H2,27,28,31). The number of amides is 3. The van der Waals surface area contributed by atoms with Crippen LogP contribution in [0.1, 0.15) is 57.3 Å². The number of carbonyl (C=O) groups is 2. The minimum Gasteiger partial charge on any atom is -0.441 e. The number of hydrogen-bond donors (Lipinski definition) is 2. The highest BCUT2D eigenvalue weighted by Crippen LogP contribution is 2.24. The molecular weight excluding hydrogens is 411 g/mol. The fraction of sp³-hybridized carbons (Fsp3) is 0.542. The Balaban J connectivity index is 1.18. The number of nitrogens with zero attached hydrogens (tertiary/aromatic N) is 2. The molecule has 3 amide bonds. The van der Waals surface area contributed by atoms with Crippen molar-refractivity contribution in [2.24, 2.45) is 0 Å². The first-order valence-electron chi connectivity index (χ1n) is 11.6. The molecule has 7 nitrogen and oxygen atoms in total. The molecule has 1 aromatic carbocycles. The van der Waals surface area contributed by atoms with Crippen molar-refractivity contribution in [3.63, 3.8) is 0 Å². The number of benzene rings is 1. The van der Waals surface area contributed by atoms with Crippen LogP contribution in [0.15, 0.2) is 34.9 Å². The maximum atomic E-state index is 13.9. The van der Waals surface area contributed by atoms with E-state index in [0.717, 1.165) is 25.7 Å². The summed E-state index contributed by atoms with van der Waals surface area (Å²) in [7, 11) is 0. The van der Waals surface area contributed by atoms with Gasteiger partial charge in [0.1, 0.15) is 5.82 Å². The van der Waals surface area contributed by atoms with Crippen molar-refractivity contribution in [1.29, 1.82) is 0 Å². The van der Waals surface area contributed by atoms with E-state index in [0.29, 0.717) is 42.8 Å². The zero-order chi connectivity index (χ0) is 22.3. The predicted octanol–water partition coefficient (Wildman–Crippen LogP) is 4.04. The van der Waals surface area contributed by atoms with Crippen LogP contribution in [-0.2, 0) is 11.2 Å². The molecule has 0 bridgehead atoms. The van der Waals surface area contributed by atoms with Gasteiger partial charge in [-0.3, -0.25) is 4.79 Å². The maximum absolute atomic E-state index is 13.9. The Morgan fingerprint density at radius 3 is 2.44 bits per heavy atom. The van der Waals surface area contributed by atoms with E-state index in [1.807, 2.05) is 4.90 Å². The van der Waals surface area contributed by atoms with Crippen LogP contribution in [0.3, 0.4) is 0 Å². The number of nitrogens with one attached hydrogen (secondary N) is 2. The van der Waals surface area contributed by atoms with E-state index in [1.165, 1.54) is 31.5 Å². The molecule has 2 aliphatic rings. The summed E-state index contributed by atoms with van der Waals surface area (Å²) in [6.45, 7) is 1.25. The average molecular weight is 443 g/mol. The Bertz CT molecular complexity index is 917. The smallest absolute Gasteiger partial charge is 0.315 e. The molecule has 0 spiro atoms. The second-order valence-corrected chi connectivity index (χ2v) is 8.71. The van der Waals surface area contributed by atoms with Gasteiger partial charge in [-0.15, -0.1) is 0 Å². The Hall–Kier alpha value is -2.90. The van der Waals surface area contributed by atoms with Crippen molar-refractivity contribution in [2.75, 3.05) is 13.1 Å². The van der Waals surface area contributed by atoms with E-state index in [9.17, 15) is 14.0 Å². The molecule has 2 heterocycles. The van der Waals surface area contributed by atoms with Crippen LogP contribution >= 0.6 is 0 Å². The van der Waals surface area contributed by atoms with E-state index in [2.05, 4.69) is 15.6 Å². The molecule has 4 rings (SSSR count). The lowest BCUT2D eigenvalue weighted by Gasteiger charge is -2.33. The largest absolute Gasteiger partial charge is 0.441 e. The van der Waals surface area contributed by atoms with E-state index in [1.54, 1.807) is 18.2 Å². The van der Waals surface area contributed by atoms with Gasteiger partial charge in [0.15, 0.2) is 11.7 Å². The number of rotatable bonds is 6. The van der Waals surface area contributed by atoms with Crippen LogP contribution < -0.4 is 10.6 Å². The van der Waals surface area contributed by atoms with Gasteiger partial charge >= 0.3 is 6.03 Å². The molecule has 0 radical (unpaired) electrons. The third-order valence-electron chi connectivity index (χ3n) is 6.37. The van der Waals surface area contributed by atoms with Gasteiger partial charge in [-0.05, 0) is 37.8 Å². The van der Waals surface area contributed by atoms with Gasteiger partial charge in [-0.2, -0.15) is 0 Å². The summed E-state index contributed by atoms with van der Waals surface area (Å²) in [5, 5.41) is 6.15. The molecule has 2 fully saturated rings. The second kappa shape index (κ2) is 10.6. The number of halogens is 1. The number of aryl methyl sites for hydroxylation is 1. The van der Waals surface area contributed by atoms with Gasteiger partial charge in [-0.25, -0.2) is 14.2 Å². The van der Waals surface area contributed by atoms with Crippen molar-refractivity contribution in [2.45, 2.75) is 69.9 Å². The van der Waals surface area contributed by atoms with Crippen molar-refractivity contribution in [3.8, 4) is 11.3 Å². The number of hydrogen-bond acceptors (Lipinski definition) is 4. The van der Waals surface area contributed by atoms with Gasteiger partial charge in [-0.1, -0.05) is 31.4 Å². The Labute approximate surface area is 187 Å². The fourth-order valence-corrected chi connectivity index (χ4v) is 4.52. The summed E-state index contributed by atoms with van der Waals surface area (Å²) in [6.07, 6.45) is 9.40. The third-order valence-corrected chi connectivity index (χ3v) is 6.37. The topological polar surface area (TPSA) is 87.5 Å². The number of piperidine rings is 1. The molecule has 0 atom stereocenters. The first-order valence-corrected chi connectivity index (χ1v) is 11.6. The number of aromatic nitrogens is 1. The van der Waals surface area contributed by atoms with Gasteiger partial charge in [0, 0.05) is 38.0 Å². The van der Waals surface area contributed by atoms with Crippen LogP contribution in [0.25, 0.3) is 11.3 Å². The zero-order valence-electron chi connectivity index (χ0n) is 18.3. The normalized spacial score (nSPS) is 17.8. The Morgan fingerprint density at radius 1 is 1.03 bits per heavy atom. The van der Waals surface area contributed by atoms with Crippen LogP contribution in [-0.4, -0.2) is 47.0 Å². The molecule has 0 unspecified atom stereocenters. The summed E-state index contributed by atoms with van der Waals surface area (Å²) in [6, 6.07) is 6.67. The average Bonchev–Trinajstić information content (AvgIpc) is 3.28. The molecule has 1 saturated carbocycles. The van der Waals surface area contributed by atoms with E-state index < -0.39 is 0 Å². The van der Waals surface area contributed by atoms with Gasteiger partial charge in [0.05, 0.1) is 11.8 Å². The summed E-state index contributed by atoms with van der Waals surface area (Å²) >= 11 is 0. The molecule has 1 aromatic heterocycles. The third kappa shape index (κ3) is 5.87. The molecular formula is C24H31FN4O3. The van der Waals surface area contributed by atoms with Crippen LogP contribution in [0.4, 0.5) is 9.18 Å². The molecule has 1 aliphatic heterocycles. The molecule has 1 aliphatic carbocycles. The minimum absolute atomic E-state index is 0.0424.